The highest BCUT2D eigenvalue weighted by Gasteiger charge is 2.43. The maximum Gasteiger partial charge on any atom is 0.166 e. The van der Waals surface area contributed by atoms with Crippen LogP contribution in [0.2, 0.25) is 0 Å². The summed E-state index contributed by atoms with van der Waals surface area (Å²) in [6.45, 7) is 3.40. The van der Waals surface area contributed by atoms with Crippen molar-refractivity contribution in [2.45, 2.75) is 51.0 Å². The molecule has 2 nitrogen and oxygen atoms in total. The minimum absolute atomic E-state index is 0. The zero-order valence-corrected chi connectivity index (χ0v) is 17.3. The topological polar surface area (TPSA) is 20.3 Å². The van der Waals surface area contributed by atoms with Crippen molar-refractivity contribution in [1.29, 1.82) is 0 Å². The second-order valence-electron chi connectivity index (χ2n) is 8.79. The second kappa shape index (κ2) is 8.39. The van der Waals surface area contributed by atoms with Gasteiger partial charge in [-0.05, 0) is 80.1 Å². The minimum atomic E-state index is 0. The fourth-order valence-electron chi connectivity index (χ4n) is 5.78. The molecule has 0 aromatic heterocycles. The predicted molar refractivity (Wildman–Crippen MR) is 116 cm³/mol. The maximum atomic E-state index is 13.1. The minimum Gasteiger partial charge on any atom is -0.299 e. The van der Waals surface area contributed by atoms with Crippen LogP contribution >= 0.6 is 12.4 Å². The average Bonchev–Trinajstić information content (AvgIpc) is 2.98. The number of carbonyl (C=O) groups excluding carboxylic acids is 1. The Morgan fingerprint density at radius 2 is 1.71 bits per heavy atom. The number of Topliss-reactive ketones (excluding diaryl/α,β-unsaturated/α-hetero) is 1. The van der Waals surface area contributed by atoms with Gasteiger partial charge in [-0.15, -0.1) is 12.4 Å². The number of benzene rings is 2. The fraction of sp³-hybridized carbons (Fsp3) is 0.480. The van der Waals surface area contributed by atoms with Crippen molar-refractivity contribution in [3.8, 4) is 0 Å². The fourth-order valence-corrected chi connectivity index (χ4v) is 5.78. The first-order chi connectivity index (χ1) is 13.3. The number of hydrogen-bond donors (Lipinski definition) is 0. The quantitative estimate of drug-likeness (QED) is 0.667. The van der Waals surface area contributed by atoms with Crippen LogP contribution in [0.1, 0.15) is 65.1 Å². The molecule has 0 saturated carbocycles. The predicted octanol–water partition coefficient (Wildman–Crippen LogP) is 5.64. The van der Waals surface area contributed by atoms with Crippen molar-refractivity contribution in [2.24, 2.45) is 11.8 Å². The van der Waals surface area contributed by atoms with Gasteiger partial charge in [0.1, 0.15) is 0 Å². The van der Waals surface area contributed by atoms with E-state index >= 15 is 0 Å². The van der Waals surface area contributed by atoms with Crippen molar-refractivity contribution >= 4 is 18.2 Å². The van der Waals surface area contributed by atoms with Gasteiger partial charge in [-0.3, -0.25) is 9.69 Å². The van der Waals surface area contributed by atoms with E-state index in [1.165, 1.54) is 55.5 Å². The molecule has 1 aliphatic heterocycles. The van der Waals surface area contributed by atoms with Crippen LogP contribution in [0.3, 0.4) is 0 Å². The first-order valence-electron chi connectivity index (χ1n) is 10.7. The van der Waals surface area contributed by atoms with E-state index in [-0.39, 0.29) is 18.3 Å². The molecule has 28 heavy (non-hydrogen) atoms. The van der Waals surface area contributed by atoms with E-state index in [2.05, 4.69) is 53.4 Å². The van der Waals surface area contributed by atoms with Gasteiger partial charge in [0.25, 0.3) is 0 Å². The molecular formula is C25H30ClNO. The molecular weight excluding hydrogens is 366 g/mol. The van der Waals surface area contributed by atoms with Gasteiger partial charge in [0, 0.05) is 18.0 Å². The summed E-state index contributed by atoms with van der Waals surface area (Å²) in [5.74, 6) is 1.93. The van der Waals surface area contributed by atoms with Crippen molar-refractivity contribution in [3.05, 3.63) is 70.8 Å². The highest BCUT2D eigenvalue weighted by atomic mass is 35.5. The number of nitrogens with zero attached hydrogens (tertiary/aromatic N) is 1. The van der Waals surface area contributed by atoms with Gasteiger partial charge in [0.05, 0.1) is 0 Å². The third-order valence-corrected chi connectivity index (χ3v) is 7.16. The molecule has 148 valence electrons. The first kappa shape index (κ1) is 19.7. The molecule has 3 aliphatic rings. The summed E-state index contributed by atoms with van der Waals surface area (Å²) in [5.41, 5.74) is 5.35. The third kappa shape index (κ3) is 3.65. The number of carbonyl (C=O) groups is 1. The van der Waals surface area contributed by atoms with Crippen molar-refractivity contribution in [1.82, 2.24) is 4.90 Å². The van der Waals surface area contributed by atoms with E-state index in [0.29, 0.717) is 17.6 Å². The van der Waals surface area contributed by atoms with Crippen molar-refractivity contribution < 1.29 is 4.79 Å². The van der Waals surface area contributed by atoms with Crippen LogP contribution in [0.4, 0.5) is 0 Å². The van der Waals surface area contributed by atoms with Crippen LogP contribution in [0.15, 0.2) is 48.5 Å². The Morgan fingerprint density at radius 3 is 2.50 bits per heavy atom. The second-order valence-corrected chi connectivity index (χ2v) is 8.79. The molecule has 1 heterocycles. The van der Waals surface area contributed by atoms with E-state index in [0.717, 1.165) is 24.9 Å². The molecule has 0 N–H and O–H groups in total. The van der Waals surface area contributed by atoms with Crippen LogP contribution in [0.5, 0.6) is 0 Å². The molecule has 2 aromatic carbocycles. The van der Waals surface area contributed by atoms with Gasteiger partial charge in [0.15, 0.2) is 5.78 Å². The third-order valence-electron chi connectivity index (χ3n) is 7.16. The largest absolute Gasteiger partial charge is 0.299 e. The smallest absolute Gasteiger partial charge is 0.166 e. The van der Waals surface area contributed by atoms with Crippen LogP contribution < -0.4 is 0 Å². The standard InChI is InChI=1S/C25H29NO.ClH/c27-25-22-11-5-9-20-8-4-10-21(24(20)22)23(25)16-18-12-14-26(15-13-18)17-19-6-2-1-3-7-19;/h1-3,5-7,9,11,18,21,23H,4,8,10,12-17H2;1H. The molecule has 2 atom stereocenters. The number of likely N-dealkylation sites (tertiary alicyclic amines) is 1. The van der Waals surface area contributed by atoms with Gasteiger partial charge in [-0.2, -0.15) is 0 Å². The van der Waals surface area contributed by atoms with Crippen molar-refractivity contribution in [2.75, 3.05) is 13.1 Å². The lowest BCUT2D eigenvalue weighted by Crippen LogP contribution is -2.34. The number of aryl methyl sites for hydroxylation is 1. The highest BCUT2D eigenvalue weighted by Crippen LogP contribution is 2.48. The lowest BCUT2D eigenvalue weighted by atomic mass is 9.76. The number of rotatable bonds is 4. The Bertz CT molecular complexity index is 826. The summed E-state index contributed by atoms with van der Waals surface area (Å²) in [6, 6.07) is 17.2. The van der Waals surface area contributed by atoms with Gasteiger partial charge >= 0.3 is 0 Å². The number of halogens is 1. The molecule has 0 spiro atoms. The Morgan fingerprint density at radius 1 is 0.929 bits per heavy atom. The summed E-state index contributed by atoms with van der Waals surface area (Å²) >= 11 is 0. The zero-order chi connectivity index (χ0) is 18.2. The Kier molecular flexibility index (Phi) is 5.89. The average molecular weight is 396 g/mol. The molecule has 5 rings (SSSR count). The van der Waals surface area contributed by atoms with Gasteiger partial charge in [-0.1, -0.05) is 48.5 Å². The molecule has 2 unspecified atom stereocenters. The molecule has 2 aromatic rings. The molecule has 3 heteroatoms. The molecule has 0 bridgehead atoms. The van der Waals surface area contributed by atoms with Gasteiger partial charge in [-0.25, -0.2) is 0 Å². The summed E-state index contributed by atoms with van der Waals surface area (Å²) in [7, 11) is 0. The Hall–Kier alpha value is -1.64. The molecule has 1 fully saturated rings. The SMILES string of the molecule is Cl.O=C1c2cccc3c2C(CCC3)C1CC1CCN(Cc2ccccc2)CC1. The van der Waals surface area contributed by atoms with Crippen LogP contribution in [0, 0.1) is 11.8 Å². The molecule has 0 radical (unpaired) electrons. The van der Waals surface area contributed by atoms with Gasteiger partial charge < -0.3 is 0 Å². The van der Waals surface area contributed by atoms with E-state index in [1.54, 1.807) is 0 Å². The number of ketones is 1. The first-order valence-corrected chi connectivity index (χ1v) is 10.7. The molecule has 2 aliphatic carbocycles. The van der Waals surface area contributed by atoms with Crippen LogP contribution in [-0.4, -0.2) is 23.8 Å². The van der Waals surface area contributed by atoms with E-state index in [1.807, 2.05) is 0 Å². The van der Waals surface area contributed by atoms with E-state index < -0.39 is 0 Å². The highest BCUT2D eigenvalue weighted by molar-refractivity contribution is 6.03. The van der Waals surface area contributed by atoms with E-state index in [9.17, 15) is 4.79 Å². The molecule has 0 amide bonds. The van der Waals surface area contributed by atoms with E-state index in [4.69, 9.17) is 0 Å². The zero-order valence-electron chi connectivity index (χ0n) is 16.5. The number of hydrogen-bond acceptors (Lipinski definition) is 2. The molecule has 1 saturated heterocycles. The lowest BCUT2D eigenvalue weighted by Gasteiger charge is -2.34. The van der Waals surface area contributed by atoms with Crippen LogP contribution in [-0.2, 0) is 13.0 Å². The van der Waals surface area contributed by atoms with Crippen molar-refractivity contribution in [3.63, 3.8) is 0 Å². The Balaban J connectivity index is 0.00000192. The lowest BCUT2D eigenvalue weighted by molar-refractivity contribution is 0.0870. The summed E-state index contributed by atoms with van der Waals surface area (Å²) in [4.78, 5) is 15.7. The number of piperidine rings is 1. The maximum absolute atomic E-state index is 13.1. The van der Waals surface area contributed by atoms with Gasteiger partial charge in [0.2, 0.25) is 0 Å². The monoisotopic (exact) mass is 395 g/mol. The summed E-state index contributed by atoms with van der Waals surface area (Å²) < 4.78 is 0. The normalized spacial score (nSPS) is 24.6. The summed E-state index contributed by atoms with van der Waals surface area (Å²) in [5, 5.41) is 0. The van der Waals surface area contributed by atoms with Crippen LogP contribution in [0.25, 0.3) is 0 Å². The Labute approximate surface area is 174 Å². The summed E-state index contributed by atoms with van der Waals surface area (Å²) in [6.07, 6.45) is 7.22.